The van der Waals surface area contributed by atoms with Crippen LogP contribution in [0.5, 0.6) is 11.5 Å². The first kappa shape index (κ1) is 20.7. The number of benzene rings is 2. The molecule has 152 valence electrons. The van der Waals surface area contributed by atoms with Crippen LogP contribution >= 0.6 is 11.8 Å². The zero-order chi connectivity index (χ0) is 20.8. The van der Waals surface area contributed by atoms with Gasteiger partial charge in [-0.3, -0.25) is 4.79 Å². The number of nitrogens with zero attached hydrogens (tertiary/aromatic N) is 3. The van der Waals surface area contributed by atoms with Crippen LogP contribution in [0.2, 0.25) is 0 Å². The molecule has 0 N–H and O–H groups in total. The first-order valence-corrected chi connectivity index (χ1v) is 10.1. The Morgan fingerprint density at radius 3 is 2.59 bits per heavy atom. The third kappa shape index (κ3) is 4.89. The Kier molecular flexibility index (Phi) is 6.77. The van der Waals surface area contributed by atoms with Gasteiger partial charge in [0.15, 0.2) is 11.5 Å². The lowest BCUT2D eigenvalue weighted by atomic mass is 10.2. The predicted octanol–water partition coefficient (Wildman–Crippen LogP) is 4.21. The summed E-state index contributed by atoms with van der Waals surface area (Å²) < 4.78 is 16.2. The lowest BCUT2D eigenvalue weighted by Gasteiger charge is -2.21. The minimum absolute atomic E-state index is 0.0195. The van der Waals surface area contributed by atoms with Crippen molar-refractivity contribution in [3.63, 3.8) is 0 Å². The van der Waals surface area contributed by atoms with Gasteiger partial charge in [-0.25, -0.2) is 0 Å². The van der Waals surface area contributed by atoms with Crippen LogP contribution in [0.3, 0.4) is 0 Å². The lowest BCUT2D eigenvalue weighted by Crippen LogP contribution is -2.32. The number of aromatic nitrogens is 2. The van der Waals surface area contributed by atoms with Crippen LogP contribution in [0, 0.1) is 6.92 Å². The molecule has 8 heteroatoms. The van der Waals surface area contributed by atoms with Crippen molar-refractivity contribution in [3.8, 4) is 23.0 Å². The van der Waals surface area contributed by atoms with E-state index in [2.05, 4.69) is 10.2 Å². The number of amides is 1. The molecule has 1 heterocycles. The number of rotatable bonds is 8. The molecule has 0 fully saturated rings. The second-order valence-corrected chi connectivity index (χ2v) is 7.14. The SMILES string of the molecule is CCN(C(=O)CSc1nnc(-c2ccc(OC)c(OC)c2)o1)c1cccc(C)c1. The summed E-state index contributed by atoms with van der Waals surface area (Å²) in [7, 11) is 3.14. The molecule has 1 amide bonds. The maximum atomic E-state index is 12.7. The van der Waals surface area contributed by atoms with Gasteiger partial charge in [-0.05, 0) is 49.7 Å². The summed E-state index contributed by atoms with van der Waals surface area (Å²) >= 11 is 1.22. The molecule has 7 nitrogen and oxygen atoms in total. The molecule has 0 aliphatic rings. The summed E-state index contributed by atoms with van der Waals surface area (Å²) in [5, 5.41) is 8.45. The average molecular weight is 413 g/mol. The highest BCUT2D eigenvalue weighted by molar-refractivity contribution is 7.99. The van der Waals surface area contributed by atoms with Crippen molar-refractivity contribution >= 4 is 23.4 Å². The van der Waals surface area contributed by atoms with E-state index >= 15 is 0 Å². The van der Waals surface area contributed by atoms with E-state index in [1.54, 1.807) is 31.3 Å². The van der Waals surface area contributed by atoms with E-state index < -0.39 is 0 Å². The van der Waals surface area contributed by atoms with Crippen molar-refractivity contribution in [2.75, 3.05) is 31.4 Å². The highest BCUT2D eigenvalue weighted by Gasteiger charge is 2.17. The molecule has 0 spiro atoms. The number of carbonyl (C=O) groups is 1. The fraction of sp³-hybridized carbons (Fsp3) is 0.286. The van der Waals surface area contributed by atoms with Crippen LogP contribution in [-0.4, -0.2) is 42.6 Å². The summed E-state index contributed by atoms with van der Waals surface area (Å²) in [6, 6.07) is 13.2. The molecule has 0 atom stereocenters. The van der Waals surface area contributed by atoms with Crippen molar-refractivity contribution in [2.45, 2.75) is 19.1 Å². The monoisotopic (exact) mass is 413 g/mol. The summed E-state index contributed by atoms with van der Waals surface area (Å²) in [6.07, 6.45) is 0. The van der Waals surface area contributed by atoms with E-state index in [0.717, 1.165) is 11.3 Å². The molecule has 0 aliphatic heterocycles. The van der Waals surface area contributed by atoms with Gasteiger partial charge in [-0.1, -0.05) is 23.9 Å². The fourth-order valence-electron chi connectivity index (χ4n) is 2.85. The predicted molar refractivity (Wildman–Crippen MR) is 113 cm³/mol. The lowest BCUT2D eigenvalue weighted by molar-refractivity contribution is -0.116. The molecule has 0 saturated heterocycles. The summed E-state index contributed by atoms with van der Waals surface area (Å²) in [4.78, 5) is 14.4. The van der Waals surface area contributed by atoms with Gasteiger partial charge in [0.2, 0.25) is 11.8 Å². The Bertz CT molecular complexity index is 990. The Balaban J connectivity index is 1.68. The number of thioether (sulfide) groups is 1. The maximum absolute atomic E-state index is 12.7. The smallest absolute Gasteiger partial charge is 0.277 e. The van der Waals surface area contributed by atoms with Gasteiger partial charge in [0.05, 0.1) is 20.0 Å². The zero-order valence-corrected chi connectivity index (χ0v) is 17.7. The number of ether oxygens (including phenoxy) is 2. The number of hydrogen-bond acceptors (Lipinski definition) is 7. The standard InChI is InChI=1S/C21H23N3O4S/c1-5-24(16-8-6-7-14(2)11-16)19(25)13-29-21-23-22-20(28-21)15-9-10-17(26-3)18(12-15)27-4/h6-12H,5,13H2,1-4H3. The van der Waals surface area contributed by atoms with Crippen molar-refractivity contribution in [3.05, 3.63) is 48.0 Å². The Labute approximate surface area is 174 Å². The van der Waals surface area contributed by atoms with Gasteiger partial charge in [-0.2, -0.15) is 0 Å². The van der Waals surface area contributed by atoms with E-state index in [0.29, 0.717) is 34.7 Å². The Hall–Kier alpha value is -3.00. The molecule has 0 bridgehead atoms. The molecular weight excluding hydrogens is 390 g/mol. The number of anilines is 1. The molecule has 29 heavy (non-hydrogen) atoms. The van der Waals surface area contributed by atoms with E-state index in [-0.39, 0.29) is 11.7 Å². The number of carbonyl (C=O) groups excluding carboxylic acids is 1. The minimum atomic E-state index is -0.0195. The van der Waals surface area contributed by atoms with Gasteiger partial charge in [0, 0.05) is 17.8 Å². The maximum Gasteiger partial charge on any atom is 0.277 e. The van der Waals surface area contributed by atoms with Crippen LogP contribution in [-0.2, 0) is 4.79 Å². The average Bonchev–Trinajstić information content (AvgIpc) is 3.21. The number of hydrogen-bond donors (Lipinski definition) is 0. The minimum Gasteiger partial charge on any atom is -0.493 e. The zero-order valence-electron chi connectivity index (χ0n) is 16.8. The number of aryl methyl sites for hydroxylation is 1. The van der Waals surface area contributed by atoms with Crippen molar-refractivity contribution in [1.29, 1.82) is 0 Å². The van der Waals surface area contributed by atoms with Gasteiger partial charge >= 0.3 is 0 Å². The topological polar surface area (TPSA) is 77.7 Å². The second kappa shape index (κ2) is 9.47. The van der Waals surface area contributed by atoms with Gasteiger partial charge in [0.1, 0.15) is 0 Å². The first-order chi connectivity index (χ1) is 14.0. The molecule has 3 aromatic rings. The second-order valence-electron chi connectivity index (χ2n) is 6.21. The van der Waals surface area contributed by atoms with Crippen molar-refractivity contribution in [2.24, 2.45) is 0 Å². The van der Waals surface area contributed by atoms with E-state index in [9.17, 15) is 4.79 Å². The molecule has 0 aliphatic carbocycles. The van der Waals surface area contributed by atoms with Crippen molar-refractivity contribution < 1.29 is 18.7 Å². The van der Waals surface area contributed by atoms with Gasteiger partial charge in [-0.15, -0.1) is 10.2 Å². The quantitative estimate of drug-likeness (QED) is 0.512. The highest BCUT2D eigenvalue weighted by Crippen LogP contribution is 2.32. The Morgan fingerprint density at radius 2 is 1.90 bits per heavy atom. The van der Waals surface area contributed by atoms with Gasteiger partial charge in [0.25, 0.3) is 5.22 Å². The van der Waals surface area contributed by atoms with Crippen LogP contribution in [0.4, 0.5) is 5.69 Å². The Morgan fingerprint density at radius 1 is 1.10 bits per heavy atom. The van der Waals surface area contributed by atoms with Crippen LogP contribution in [0.25, 0.3) is 11.5 Å². The summed E-state index contributed by atoms with van der Waals surface area (Å²) in [5.74, 6) is 1.73. The van der Waals surface area contributed by atoms with E-state index in [1.807, 2.05) is 44.2 Å². The molecule has 2 aromatic carbocycles. The molecular formula is C21H23N3O4S. The first-order valence-electron chi connectivity index (χ1n) is 9.11. The normalized spacial score (nSPS) is 10.6. The van der Waals surface area contributed by atoms with Gasteiger partial charge < -0.3 is 18.8 Å². The molecule has 0 unspecified atom stereocenters. The van der Waals surface area contributed by atoms with Crippen molar-refractivity contribution in [1.82, 2.24) is 10.2 Å². The summed E-state index contributed by atoms with van der Waals surface area (Å²) in [6.45, 7) is 4.54. The number of methoxy groups -OCH3 is 2. The fourth-order valence-corrected chi connectivity index (χ4v) is 3.49. The largest absolute Gasteiger partial charge is 0.493 e. The third-order valence-electron chi connectivity index (χ3n) is 4.29. The van der Waals surface area contributed by atoms with E-state index in [1.165, 1.54) is 11.8 Å². The summed E-state index contributed by atoms with van der Waals surface area (Å²) in [5.41, 5.74) is 2.70. The van der Waals surface area contributed by atoms with Crippen LogP contribution in [0.1, 0.15) is 12.5 Å². The van der Waals surface area contributed by atoms with Crippen LogP contribution in [0.15, 0.2) is 52.1 Å². The molecule has 0 radical (unpaired) electrons. The third-order valence-corrected chi connectivity index (χ3v) is 5.09. The highest BCUT2D eigenvalue weighted by atomic mass is 32.2. The molecule has 0 saturated carbocycles. The van der Waals surface area contributed by atoms with Crippen LogP contribution < -0.4 is 14.4 Å². The van der Waals surface area contributed by atoms with E-state index in [4.69, 9.17) is 13.9 Å². The molecule has 3 rings (SSSR count). The molecule has 1 aromatic heterocycles.